The highest BCUT2D eigenvalue weighted by atomic mass is 32.2. The van der Waals surface area contributed by atoms with Crippen LogP contribution in [0.1, 0.15) is 42.3 Å². The number of aromatic nitrogens is 3. The summed E-state index contributed by atoms with van der Waals surface area (Å²) < 4.78 is 5.43. The first-order valence-electron chi connectivity index (χ1n) is 7.52. The Balaban J connectivity index is 2.45. The van der Waals surface area contributed by atoms with Crippen molar-refractivity contribution >= 4 is 23.8 Å². The highest BCUT2D eigenvalue weighted by Crippen LogP contribution is 2.32. The second-order valence-electron chi connectivity index (χ2n) is 5.72. The van der Waals surface area contributed by atoms with Gasteiger partial charge in [-0.15, -0.1) is 5.10 Å². The highest BCUT2D eigenvalue weighted by molar-refractivity contribution is 8.04. The number of hydrogen-bond donors (Lipinski definition) is 2. The molecule has 0 saturated carbocycles. The van der Waals surface area contributed by atoms with E-state index >= 15 is 0 Å². The van der Waals surface area contributed by atoms with E-state index < -0.39 is 5.97 Å². The summed E-state index contributed by atoms with van der Waals surface area (Å²) in [6, 6.07) is 3.91. The van der Waals surface area contributed by atoms with Crippen molar-refractivity contribution < 1.29 is 14.6 Å². The second-order valence-corrected chi connectivity index (χ2v) is 6.73. The van der Waals surface area contributed by atoms with Gasteiger partial charge in [-0.05, 0) is 66.4 Å². The van der Waals surface area contributed by atoms with E-state index in [4.69, 9.17) is 4.74 Å². The number of nitrogens with one attached hydrogen (secondary N) is 1. The van der Waals surface area contributed by atoms with Crippen LogP contribution in [-0.2, 0) is 4.79 Å². The molecule has 7 heteroatoms. The first kappa shape index (κ1) is 18.1. The molecule has 2 aromatic rings. The number of thioether (sulfide) groups is 1. The average Bonchev–Trinajstić information content (AvgIpc) is 2.92. The Morgan fingerprint density at radius 2 is 2.08 bits per heavy atom. The molecule has 0 fully saturated rings. The van der Waals surface area contributed by atoms with Crippen molar-refractivity contribution in [2.24, 2.45) is 0 Å². The molecule has 0 aliphatic carbocycles. The number of H-pyrrole nitrogens is 1. The lowest BCUT2D eigenvalue weighted by molar-refractivity contribution is -0.131. The van der Waals surface area contributed by atoms with Gasteiger partial charge in [0.1, 0.15) is 16.5 Å². The summed E-state index contributed by atoms with van der Waals surface area (Å²) in [5.41, 5.74) is 2.83. The first-order valence-corrected chi connectivity index (χ1v) is 8.33. The number of ether oxygens (including phenoxy) is 1. The molecule has 1 heterocycles. The molecule has 0 unspecified atom stereocenters. The van der Waals surface area contributed by atoms with E-state index in [1.165, 1.54) is 0 Å². The quantitative estimate of drug-likeness (QED) is 0.611. The summed E-state index contributed by atoms with van der Waals surface area (Å²) in [6.45, 7) is 7.84. The van der Waals surface area contributed by atoms with Crippen molar-refractivity contribution in [2.75, 3.05) is 7.11 Å². The van der Waals surface area contributed by atoms with Crippen LogP contribution in [0.3, 0.4) is 0 Å². The SMILES string of the molecule is COc1cc(C)c(/C=C(\Sc2n[nH]c(C)n2)C(=O)O)cc1C(C)C. The summed E-state index contributed by atoms with van der Waals surface area (Å²) in [7, 11) is 1.64. The molecule has 0 spiro atoms. The van der Waals surface area contributed by atoms with Crippen LogP contribution < -0.4 is 4.74 Å². The third-order valence-corrected chi connectivity index (χ3v) is 4.39. The van der Waals surface area contributed by atoms with Crippen molar-refractivity contribution in [2.45, 2.75) is 38.8 Å². The van der Waals surface area contributed by atoms with Gasteiger partial charge in [-0.2, -0.15) is 0 Å². The normalized spacial score (nSPS) is 11.8. The molecule has 0 radical (unpaired) electrons. The van der Waals surface area contributed by atoms with Gasteiger partial charge in [0.25, 0.3) is 0 Å². The van der Waals surface area contributed by atoms with Crippen LogP contribution in [0.2, 0.25) is 0 Å². The molecule has 24 heavy (non-hydrogen) atoms. The zero-order chi connectivity index (χ0) is 17.9. The van der Waals surface area contributed by atoms with Gasteiger partial charge in [0.2, 0.25) is 5.16 Å². The van der Waals surface area contributed by atoms with E-state index in [0.717, 1.165) is 34.2 Å². The molecule has 0 aliphatic heterocycles. The van der Waals surface area contributed by atoms with Crippen LogP contribution in [0.15, 0.2) is 22.2 Å². The standard InChI is InChI=1S/C17H21N3O3S/c1-9(2)13-7-12(10(3)6-14(13)23-5)8-15(16(21)22)24-17-18-11(4)19-20-17/h6-9H,1-5H3,(H,21,22)(H,18,19,20)/b15-8-. The van der Waals surface area contributed by atoms with Crippen LogP contribution in [0, 0.1) is 13.8 Å². The number of aryl methyl sites for hydroxylation is 2. The monoisotopic (exact) mass is 347 g/mol. The summed E-state index contributed by atoms with van der Waals surface area (Å²) in [4.78, 5) is 15.9. The van der Waals surface area contributed by atoms with Crippen LogP contribution >= 0.6 is 11.8 Å². The van der Waals surface area contributed by atoms with Gasteiger partial charge in [-0.1, -0.05) is 13.8 Å². The number of aromatic amines is 1. The van der Waals surface area contributed by atoms with E-state index in [0.29, 0.717) is 11.0 Å². The molecule has 2 N–H and O–H groups in total. The van der Waals surface area contributed by atoms with E-state index in [1.807, 2.05) is 19.1 Å². The number of methoxy groups -OCH3 is 1. The van der Waals surface area contributed by atoms with Crippen LogP contribution in [-0.4, -0.2) is 33.4 Å². The fourth-order valence-electron chi connectivity index (χ4n) is 2.24. The van der Waals surface area contributed by atoms with Crippen LogP contribution in [0.25, 0.3) is 6.08 Å². The number of carboxylic acids is 1. The Morgan fingerprint density at radius 3 is 2.58 bits per heavy atom. The fourth-order valence-corrected chi connectivity index (χ4v) is 2.99. The third-order valence-electron chi connectivity index (χ3n) is 3.52. The Hall–Kier alpha value is -2.28. The smallest absolute Gasteiger partial charge is 0.342 e. The predicted molar refractivity (Wildman–Crippen MR) is 94.4 cm³/mol. The Bertz CT molecular complexity index is 781. The minimum Gasteiger partial charge on any atom is -0.496 e. The van der Waals surface area contributed by atoms with Crippen molar-refractivity contribution in [3.8, 4) is 5.75 Å². The summed E-state index contributed by atoms with van der Waals surface area (Å²) >= 11 is 1.02. The van der Waals surface area contributed by atoms with Crippen LogP contribution in [0.5, 0.6) is 5.75 Å². The molecule has 0 atom stereocenters. The van der Waals surface area contributed by atoms with Gasteiger partial charge in [-0.25, -0.2) is 9.78 Å². The van der Waals surface area contributed by atoms with E-state index in [1.54, 1.807) is 20.1 Å². The number of aliphatic carboxylic acids is 1. The van der Waals surface area contributed by atoms with Crippen molar-refractivity contribution in [1.82, 2.24) is 15.2 Å². The maximum absolute atomic E-state index is 11.6. The average molecular weight is 347 g/mol. The summed E-state index contributed by atoms with van der Waals surface area (Å²) in [6.07, 6.45) is 1.65. The molecule has 1 aromatic heterocycles. The van der Waals surface area contributed by atoms with E-state index in [-0.39, 0.29) is 10.8 Å². The van der Waals surface area contributed by atoms with Gasteiger partial charge in [0.15, 0.2) is 0 Å². The lowest BCUT2D eigenvalue weighted by Gasteiger charge is -2.15. The molecule has 0 aliphatic rings. The summed E-state index contributed by atoms with van der Waals surface area (Å²) in [5.74, 6) is 0.715. The van der Waals surface area contributed by atoms with Gasteiger partial charge in [-0.3, -0.25) is 5.10 Å². The molecule has 0 bridgehead atoms. The van der Waals surface area contributed by atoms with Crippen molar-refractivity contribution in [3.05, 3.63) is 39.6 Å². The van der Waals surface area contributed by atoms with Crippen molar-refractivity contribution in [1.29, 1.82) is 0 Å². The largest absolute Gasteiger partial charge is 0.496 e. The molecule has 0 saturated heterocycles. The highest BCUT2D eigenvalue weighted by Gasteiger charge is 2.15. The number of benzene rings is 1. The number of carbonyl (C=O) groups is 1. The predicted octanol–water partition coefficient (Wildman–Crippen LogP) is 3.77. The molecule has 0 amide bonds. The number of nitrogens with zero attached hydrogens (tertiary/aromatic N) is 2. The Kier molecular flexibility index (Phi) is 5.66. The molecule has 128 valence electrons. The Labute approximate surface area is 145 Å². The Morgan fingerprint density at radius 1 is 1.38 bits per heavy atom. The molecular weight excluding hydrogens is 326 g/mol. The number of rotatable bonds is 6. The zero-order valence-electron chi connectivity index (χ0n) is 14.4. The molecule has 2 rings (SSSR count). The minimum atomic E-state index is -1.01. The van der Waals surface area contributed by atoms with E-state index in [9.17, 15) is 9.90 Å². The van der Waals surface area contributed by atoms with Gasteiger partial charge in [0, 0.05) is 0 Å². The van der Waals surface area contributed by atoms with Crippen molar-refractivity contribution in [3.63, 3.8) is 0 Å². The van der Waals surface area contributed by atoms with Gasteiger partial charge < -0.3 is 9.84 Å². The molecular formula is C17H21N3O3S. The minimum absolute atomic E-state index is 0.164. The third kappa shape index (κ3) is 4.17. The lowest BCUT2D eigenvalue weighted by Crippen LogP contribution is -2.00. The molecule has 6 nitrogen and oxygen atoms in total. The number of carboxylic acid groups (broad SMARTS) is 1. The van der Waals surface area contributed by atoms with Gasteiger partial charge >= 0.3 is 5.97 Å². The van der Waals surface area contributed by atoms with Gasteiger partial charge in [0.05, 0.1) is 7.11 Å². The number of hydrogen-bond acceptors (Lipinski definition) is 5. The fraction of sp³-hybridized carbons (Fsp3) is 0.353. The maximum Gasteiger partial charge on any atom is 0.342 e. The summed E-state index contributed by atoms with van der Waals surface area (Å²) in [5, 5.41) is 16.6. The first-order chi connectivity index (χ1) is 11.3. The van der Waals surface area contributed by atoms with E-state index in [2.05, 4.69) is 29.0 Å². The molecule has 1 aromatic carbocycles. The lowest BCUT2D eigenvalue weighted by atomic mass is 9.96. The topological polar surface area (TPSA) is 88.1 Å². The maximum atomic E-state index is 11.6. The zero-order valence-corrected chi connectivity index (χ0v) is 15.2. The second kappa shape index (κ2) is 7.53. The van der Waals surface area contributed by atoms with Crippen LogP contribution in [0.4, 0.5) is 0 Å².